The van der Waals surface area contributed by atoms with Crippen LogP contribution in [0.25, 0.3) is 0 Å². The number of hydrogen-bond acceptors (Lipinski definition) is 4. The number of aldehydes is 1. The van der Waals surface area contributed by atoms with Crippen LogP contribution in [0.15, 0.2) is 0 Å². The van der Waals surface area contributed by atoms with Gasteiger partial charge in [0.15, 0.2) is 0 Å². The number of rotatable bonds is 1. The van der Waals surface area contributed by atoms with Crippen LogP contribution in [0.2, 0.25) is 0 Å². The topological polar surface area (TPSA) is 63.7 Å². The zero-order chi connectivity index (χ0) is 17.6. The Labute approximate surface area is 138 Å². The van der Waals surface area contributed by atoms with Gasteiger partial charge in [0.25, 0.3) is 0 Å². The van der Waals surface area contributed by atoms with Crippen LogP contribution in [0, 0.1) is 22.7 Å². The molecule has 3 atom stereocenters. The summed E-state index contributed by atoms with van der Waals surface area (Å²) in [5, 5.41) is 0. The molecule has 0 spiro atoms. The molecule has 1 aliphatic heterocycles. The number of hydrogen-bond donors (Lipinski definition) is 0. The Kier molecular flexibility index (Phi) is 4.37. The number of piperidine rings is 1. The van der Waals surface area contributed by atoms with Crippen molar-refractivity contribution in [3.05, 3.63) is 0 Å². The lowest BCUT2D eigenvalue weighted by Gasteiger charge is -2.56. The third-order valence-corrected chi connectivity index (χ3v) is 5.43. The van der Waals surface area contributed by atoms with Crippen LogP contribution in [-0.2, 0) is 14.3 Å². The molecule has 1 heterocycles. The quantitative estimate of drug-likeness (QED) is 0.549. The number of fused-ring (bicyclic) bond motifs is 1. The molecule has 0 radical (unpaired) electrons. The van der Waals surface area contributed by atoms with Gasteiger partial charge in [-0.2, -0.15) is 0 Å². The molecule has 0 aromatic heterocycles. The predicted octanol–water partition coefficient (Wildman–Crippen LogP) is 3.06. The van der Waals surface area contributed by atoms with E-state index in [9.17, 15) is 14.4 Å². The molecule has 0 bridgehead atoms. The summed E-state index contributed by atoms with van der Waals surface area (Å²) < 4.78 is 5.48. The van der Waals surface area contributed by atoms with E-state index in [4.69, 9.17) is 4.74 Å². The van der Waals surface area contributed by atoms with Gasteiger partial charge < -0.3 is 14.4 Å². The summed E-state index contributed by atoms with van der Waals surface area (Å²) in [4.78, 5) is 38.0. The van der Waals surface area contributed by atoms with Gasteiger partial charge in [-0.25, -0.2) is 4.79 Å². The highest BCUT2D eigenvalue weighted by molar-refractivity contribution is 5.98. The molecule has 0 N–H and O–H groups in total. The monoisotopic (exact) mass is 323 g/mol. The summed E-state index contributed by atoms with van der Waals surface area (Å²) in [5.74, 6) is -0.345. The van der Waals surface area contributed by atoms with Crippen LogP contribution in [0.5, 0.6) is 0 Å². The van der Waals surface area contributed by atoms with Crippen molar-refractivity contribution in [2.24, 2.45) is 22.7 Å². The van der Waals surface area contributed by atoms with Gasteiger partial charge in [-0.3, -0.25) is 4.79 Å². The van der Waals surface area contributed by atoms with Crippen LogP contribution in [0.1, 0.15) is 54.4 Å². The largest absolute Gasteiger partial charge is 0.444 e. The zero-order valence-corrected chi connectivity index (χ0v) is 15.1. The van der Waals surface area contributed by atoms with Crippen LogP contribution in [0.4, 0.5) is 4.79 Å². The molecule has 1 aliphatic carbocycles. The van der Waals surface area contributed by atoms with Gasteiger partial charge in [-0.15, -0.1) is 0 Å². The van der Waals surface area contributed by atoms with Crippen LogP contribution in [-0.4, -0.2) is 41.8 Å². The van der Waals surface area contributed by atoms with Gasteiger partial charge in [0.2, 0.25) is 0 Å². The molecule has 5 nitrogen and oxygen atoms in total. The van der Waals surface area contributed by atoms with E-state index in [1.54, 1.807) is 4.90 Å². The van der Waals surface area contributed by atoms with E-state index in [-0.39, 0.29) is 23.2 Å². The lowest BCUT2D eigenvalue weighted by molar-refractivity contribution is -0.154. The van der Waals surface area contributed by atoms with Gasteiger partial charge in [0, 0.05) is 18.5 Å². The van der Waals surface area contributed by atoms with Gasteiger partial charge in [0.05, 0.1) is 5.92 Å². The van der Waals surface area contributed by atoms with Crippen LogP contribution < -0.4 is 0 Å². The molecule has 0 aromatic rings. The number of ketones is 1. The van der Waals surface area contributed by atoms with Crippen molar-refractivity contribution in [3.63, 3.8) is 0 Å². The Morgan fingerprint density at radius 1 is 1.30 bits per heavy atom. The average molecular weight is 323 g/mol. The van der Waals surface area contributed by atoms with Crippen molar-refractivity contribution in [1.29, 1.82) is 0 Å². The van der Waals surface area contributed by atoms with Gasteiger partial charge in [-0.1, -0.05) is 20.8 Å². The third kappa shape index (κ3) is 3.29. The fourth-order valence-electron chi connectivity index (χ4n) is 4.53. The number of carbonyl (C=O) groups excluding carboxylic acids is 3. The van der Waals surface area contributed by atoms with E-state index >= 15 is 0 Å². The molecule has 1 amide bonds. The zero-order valence-electron chi connectivity index (χ0n) is 15.1. The molecule has 0 aromatic carbocycles. The molecular weight excluding hydrogens is 294 g/mol. The minimum atomic E-state index is -0.565. The molecule has 130 valence electrons. The second-order valence-electron chi connectivity index (χ2n) is 8.93. The molecule has 5 heteroatoms. The maximum Gasteiger partial charge on any atom is 0.410 e. The number of carbonyl (C=O) groups is 3. The Morgan fingerprint density at radius 2 is 1.91 bits per heavy atom. The first-order valence-electron chi connectivity index (χ1n) is 8.38. The standard InChI is InChI=1S/C18H29NO4/c1-16(2,3)23-15(22)19-8-7-13-17(4,5)14(21)12(10-20)9-18(13,6)11-19/h10,12-13H,7-9,11H2,1-6H3/t12?,13?,18-/m0/s1. The maximum absolute atomic E-state index is 12.5. The minimum absolute atomic E-state index is 0.0423. The Bertz CT molecular complexity index is 520. The predicted molar refractivity (Wildman–Crippen MR) is 87.0 cm³/mol. The average Bonchev–Trinajstić information content (AvgIpc) is 2.40. The fraction of sp³-hybridized carbons (Fsp3) is 0.833. The second-order valence-corrected chi connectivity index (χ2v) is 8.93. The van der Waals surface area contributed by atoms with E-state index < -0.39 is 16.9 Å². The third-order valence-electron chi connectivity index (χ3n) is 5.43. The number of nitrogens with zero attached hydrogens (tertiary/aromatic N) is 1. The van der Waals surface area contributed by atoms with Gasteiger partial charge >= 0.3 is 6.09 Å². The van der Waals surface area contributed by atoms with Crippen molar-refractivity contribution in [2.75, 3.05) is 13.1 Å². The fourth-order valence-corrected chi connectivity index (χ4v) is 4.53. The van der Waals surface area contributed by atoms with Crippen molar-refractivity contribution >= 4 is 18.2 Å². The highest BCUT2D eigenvalue weighted by atomic mass is 16.6. The summed E-state index contributed by atoms with van der Waals surface area (Å²) >= 11 is 0. The SMILES string of the molecule is CC(C)(C)OC(=O)N1CCC2C(C)(C)C(=O)C(C=O)C[C@@]2(C)C1. The smallest absolute Gasteiger partial charge is 0.410 e. The molecule has 1 saturated heterocycles. The van der Waals surface area contributed by atoms with Crippen molar-refractivity contribution in [3.8, 4) is 0 Å². The molecule has 1 saturated carbocycles. The maximum atomic E-state index is 12.5. The summed E-state index contributed by atoms with van der Waals surface area (Å²) in [6.07, 6.45) is 1.75. The number of likely N-dealkylation sites (tertiary alicyclic amines) is 1. The lowest BCUT2D eigenvalue weighted by atomic mass is 9.51. The van der Waals surface area contributed by atoms with E-state index in [1.165, 1.54) is 0 Å². The van der Waals surface area contributed by atoms with Crippen molar-refractivity contribution in [1.82, 2.24) is 4.90 Å². The second kappa shape index (κ2) is 5.60. The number of ether oxygens (including phenoxy) is 1. The number of amides is 1. The Hall–Kier alpha value is -1.39. The molecular formula is C18H29NO4. The first-order chi connectivity index (χ1) is 10.4. The molecule has 2 rings (SSSR count). The summed E-state index contributed by atoms with van der Waals surface area (Å²) in [5.41, 5.74) is -1.29. The van der Waals surface area contributed by atoms with Gasteiger partial charge in [-0.05, 0) is 44.9 Å². The summed E-state index contributed by atoms with van der Waals surface area (Å²) in [7, 11) is 0. The van der Waals surface area contributed by atoms with Crippen molar-refractivity contribution < 1.29 is 19.1 Å². The highest BCUT2D eigenvalue weighted by Crippen LogP contribution is 2.54. The molecule has 2 unspecified atom stereocenters. The van der Waals surface area contributed by atoms with Crippen LogP contribution in [0.3, 0.4) is 0 Å². The van der Waals surface area contributed by atoms with E-state index in [1.807, 2.05) is 34.6 Å². The molecule has 23 heavy (non-hydrogen) atoms. The minimum Gasteiger partial charge on any atom is -0.444 e. The molecule has 2 fully saturated rings. The molecule has 2 aliphatic rings. The Balaban J connectivity index is 2.22. The highest BCUT2D eigenvalue weighted by Gasteiger charge is 2.57. The van der Waals surface area contributed by atoms with E-state index in [0.29, 0.717) is 19.5 Å². The normalized spacial score (nSPS) is 33.8. The first-order valence-corrected chi connectivity index (χ1v) is 8.38. The summed E-state index contributed by atoms with van der Waals surface area (Å²) in [6, 6.07) is 0. The van der Waals surface area contributed by atoms with Gasteiger partial charge in [0.1, 0.15) is 17.7 Å². The van der Waals surface area contributed by atoms with E-state index in [0.717, 1.165) is 12.7 Å². The lowest BCUT2D eigenvalue weighted by Crippen LogP contribution is -2.60. The van der Waals surface area contributed by atoms with Crippen molar-refractivity contribution in [2.45, 2.75) is 60.0 Å². The first kappa shape index (κ1) is 18.0. The Morgan fingerprint density at radius 3 is 2.43 bits per heavy atom. The van der Waals surface area contributed by atoms with Crippen LogP contribution >= 0.6 is 0 Å². The summed E-state index contributed by atoms with van der Waals surface area (Å²) in [6.45, 7) is 12.7. The number of Topliss-reactive ketones (excluding diaryl/α,β-unsaturated/α-hetero) is 1. The van der Waals surface area contributed by atoms with E-state index in [2.05, 4.69) is 6.92 Å².